The van der Waals surface area contributed by atoms with E-state index in [0.717, 1.165) is 9.86 Å². The summed E-state index contributed by atoms with van der Waals surface area (Å²) in [6, 6.07) is 11.0. The number of carbonyl (C=O) groups excluding carboxylic acids is 1. The molecule has 140 valence electrons. The molecule has 7 nitrogen and oxygen atoms in total. The second-order valence-electron chi connectivity index (χ2n) is 5.48. The second kappa shape index (κ2) is 7.93. The van der Waals surface area contributed by atoms with Crippen molar-refractivity contribution in [3.8, 4) is 5.75 Å². The monoisotopic (exact) mass is 513 g/mol. The van der Waals surface area contributed by atoms with Gasteiger partial charge in [0.05, 0.1) is 9.37 Å². The number of hydrogen-bond acceptors (Lipinski definition) is 5. The molecule has 0 saturated heterocycles. The number of aromatic nitrogens is 1. The molecule has 0 aliphatic carbocycles. The van der Waals surface area contributed by atoms with E-state index in [1.54, 1.807) is 6.20 Å². The van der Waals surface area contributed by atoms with Crippen LogP contribution in [0, 0.1) is 0 Å². The summed E-state index contributed by atoms with van der Waals surface area (Å²) in [6.45, 7) is -0.247. The van der Waals surface area contributed by atoms with Crippen molar-refractivity contribution in [2.75, 3.05) is 11.9 Å². The summed E-state index contributed by atoms with van der Waals surface area (Å²) in [5.41, 5.74) is 1.04. The van der Waals surface area contributed by atoms with Crippen LogP contribution >= 0.6 is 31.9 Å². The van der Waals surface area contributed by atoms with Gasteiger partial charge in [-0.1, -0.05) is 22.0 Å². The summed E-state index contributed by atoms with van der Waals surface area (Å²) < 4.78 is 29.7. The van der Waals surface area contributed by atoms with Crippen LogP contribution in [0.4, 0.5) is 5.69 Å². The van der Waals surface area contributed by atoms with Crippen LogP contribution in [0.5, 0.6) is 5.75 Å². The maximum absolute atomic E-state index is 12.2. The molecular formula is C17H13Br2N3O4S. The van der Waals surface area contributed by atoms with Gasteiger partial charge in [-0.05, 0) is 52.3 Å². The van der Waals surface area contributed by atoms with Crippen molar-refractivity contribution in [1.82, 2.24) is 4.98 Å². The van der Waals surface area contributed by atoms with Gasteiger partial charge in [0.15, 0.2) is 12.4 Å². The summed E-state index contributed by atoms with van der Waals surface area (Å²) in [5.74, 6) is 0.0470. The second-order valence-corrected chi connectivity index (χ2v) is 8.75. The molecule has 0 atom stereocenters. The van der Waals surface area contributed by atoms with Crippen LogP contribution in [0.3, 0.4) is 0 Å². The lowest BCUT2D eigenvalue weighted by atomic mass is 10.2. The van der Waals surface area contributed by atoms with E-state index in [4.69, 9.17) is 9.88 Å². The fourth-order valence-corrected chi connectivity index (χ4v) is 4.25. The molecule has 1 aromatic heterocycles. The average Bonchev–Trinajstić information content (AvgIpc) is 2.61. The van der Waals surface area contributed by atoms with E-state index < -0.39 is 15.9 Å². The van der Waals surface area contributed by atoms with Gasteiger partial charge in [0, 0.05) is 21.7 Å². The van der Waals surface area contributed by atoms with Crippen LogP contribution in [0.1, 0.15) is 0 Å². The molecule has 0 aliphatic rings. The molecule has 0 bridgehead atoms. The first-order chi connectivity index (χ1) is 12.8. The van der Waals surface area contributed by atoms with E-state index in [-0.39, 0.29) is 11.5 Å². The molecule has 10 heteroatoms. The molecule has 0 radical (unpaired) electrons. The van der Waals surface area contributed by atoms with Gasteiger partial charge in [0.2, 0.25) is 10.0 Å². The number of carbonyl (C=O) groups is 1. The number of benzene rings is 2. The van der Waals surface area contributed by atoms with E-state index in [2.05, 4.69) is 42.2 Å². The maximum atomic E-state index is 12.2. The number of amides is 1. The molecule has 1 amide bonds. The summed E-state index contributed by atoms with van der Waals surface area (Å²) in [6.07, 6.45) is 1.64. The minimum absolute atomic E-state index is 0.0342. The largest absolute Gasteiger partial charge is 0.480 e. The van der Waals surface area contributed by atoms with Gasteiger partial charge in [-0.2, -0.15) is 0 Å². The lowest BCUT2D eigenvalue weighted by Gasteiger charge is -2.12. The number of anilines is 1. The van der Waals surface area contributed by atoms with Crippen molar-refractivity contribution in [2.45, 2.75) is 4.90 Å². The number of hydrogen-bond donors (Lipinski definition) is 2. The summed E-state index contributed by atoms with van der Waals surface area (Å²) in [7, 11) is -3.78. The van der Waals surface area contributed by atoms with Crippen LogP contribution in [-0.2, 0) is 14.8 Å². The van der Waals surface area contributed by atoms with E-state index in [1.807, 2.05) is 18.2 Å². The van der Waals surface area contributed by atoms with Crippen LogP contribution in [-0.4, -0.2) is 25.9 Å². The van der Waals surface area contributed by atoms with Gasteiger partial charge in [-0.25, -0.2) is 13.6 Å². The first kappa shape index (κ1) is 19.7. The van der Waals surface area contributed by atoms with Crippen LogP contribution in [0.2, 0.25) is 0 Å². The third-order valence-electron chi connectivity index (χ3n) is 3.56. The molecule has 0 unspecified atom stereocenters. The number of fused-ring (bicyclic) bond motifs is 1. The smallest absolute Gasteiger partial charge is 0.262 e. The van der Waals surface area contributed by atoms with Crippen molar-refractivity contribution in [1.29, 1.82) is 0 Å². The molecule has 0 aliphatic heterocycles. The number of primary sulfonamides is 1. The van der Waals surface area contributed by atoms with Crippen molar-refractivity contribution >= 4 is 64.4 Å². The number of halogens is 2. The van der Waals surface area contributed by atoms with Gasteiger partial charge >= 0.3 is 0 Å². The van der Waals surface area contributed by atoms with Crippen LogP contribution < -0.4 is 15.2 Å². The molecule has 3 rings (SSSR count). The Morgan fingerprint density at radius 2 is 1.85 bits per heavy atom. The minimum Gasteiger partial charge on any atom is -0.480 e. The zero-order chi connectivity index (χ0) is 19.6. The predicted octanol–water partition coefficient (Wildman–Crippen LogP) is 3.42. The Balaban J connectivity index is 1.72. The number of nitrogens with one attached hydrogen (secondary N) is 1. The number of rotatable bonds is 5. The number of nitrogens with two attached hydrogens (primary N) is 1. The Labute approximate surface area is 172 Å². The highest BCUT2D eigenvalue weighted by Gasteiger charge is 2.14. The average molecular weight is 515 g/mol. The Bertz CT molecular complexity index is 1120. The predicted molar refractivity (Wildman–Crippen MR) is 109 cm³/mol. The standard InChI is InChI=1S/C17H13Br2N3O4S/c18-13-8-14(19)17(16-12(13)2-1-7-21-16)26-9-15(23)22-10-3-5-11(6-4-10)27(20,24)25/h1-8H,9H2,(H,22,23)(H2,20,24,25). The third-order valence-corrected chi connectivity index (χ3v) is 5.74. The highest BCUT2D eigenvalue weighted by Crippen LogP contribution is 2.37. The van der Waals surface area contributed by atoms with Crippen molar-refractivity contribution in [3.63, 3.8) is 0 Å². The summed E-state index contributed by atoms with van der Waals surface area (Å²) in [5, 5.41) is 8.52. The zero-order valence-corrected chi connectivity index (χ0v) is 17.6. The van der Waals surface area contributed by atoms with Crippen LogP contribution in [0.15, 0.2) is 62.5 Å². The van der Waals surface area contributed by atoms with Crippen molar-refractivity contribution in [2.24, 2.45) is 5.14 Å². The fourth-order valence-electron chi connectivity index (χ4n) is 2.35. The quantitative estimate of drug-likeness (QED) is 0.541. The minimum atomic E-state index is -3.78. The molecule has 0 saturated carbocycles. The molecule has 1 heterocycles. The molecule has 3 aromatic rings. The molecule has 2 aromatic carbocycles. The zero-order valence-electron chi connectivity index (χ0n) is 13.6. The maximum Gasteiger partial charge on any atom is 0.262 e. The van der Waals surface area contributed by atoms with E-state index in [0.29, 0.717) is 21.4 Å². The number of sulfonamides is 1. The van der Waals surface area contributed by atoms with Crippen molar-refractivity contribution < 1.29 is 17.9 Å². The highest BCUT2D eigenvalue weighted by molar-refractivity contribution is 9.11. The van der Waals surface area contributed by atoms with Crippen LogP contribution in [0.25, 0.3) is 10.9 Å². The normalized spacial score (nSPS) is 11.4. The Morgan fingerprint density at radius 1 is 1.15 bits per heavy atom. The molecule has 0 fully saturated rings. The molecule has 0 spiro atoms. The summed E-state index contributed by atoms with van der Waals surface area (Å²) >= 11 is 6.89. The first-order valence-electron chi connectivity index (χ1n) is 7.54. The number of nitrogens with zero attached hydrogens (tertiary/aromatic N) is 1. The lowest BCUT2D eigenvalue weighted by molar-refractivity contribution is -0.118. The van der Waals surface area contributed by atoms with E-state index in [1.165, 1.54) is 24.3 Å². The molecule has 3 N–H and O–H groups in total. The van der Waals surface area contributed by atoms with E-state index >= 15 is 0 Å². The lowest BCUT2D eigenvalue weighted by Crippen LogP contribution is -2.20. The third kappa shape index (κ3) is 4.64. The van der Waals surface area contributed by atoms with Gasteiger partial charge in [0.25, 0.3) is 5.91 Å². The first-order valence-corrected chi connectivity index (χ1v) is 10.7. The van der Waals surface area contributed by atoms with Gasteiger partial charge in [-0.3, -0.25) is 9.78 Å². The SMILES string of the molecule is NS(=O)(=O)c1ccc(NC(=O)COc2c(Br)cc(Br)c3cccnc23)cc1. The highest BCUT2D eigenvalue weighted by atomic mass is 79.9. The Hall–Kier alpha value is -2.01. The fraction of sp³-hybridized carbons (Fsp3) is 0.0588. The van der Waals surface area contributed by atoms with Gasteiger partial charge in [0.1, 0.15) is 5.52 Å². The molecular weight excluding hydrogens is 502 g/mol. The number of ether oxygens (including phenoxy) is 1. The molecule has 27 heavy (non-hydrogen) atoms. The van der Waals surface area contributed by atoms with Crippen molar-refractivity contribution in [3.05, 3.63) is 57.6 Å². The topological polar surface area (TPSA) is 111 Å². The van der Waals surface area contributed by atoms with Gasteiger partial charge < -0.3 is 10.1 Å². The van der Waals surface area contributed by atoms with E-state index in [9.17, 15) is 13.2 Å². The van der Waals surface area contributed by atoms with Gasteiger partial charge in [-0.15, -0.1) is 0 Å². The Kier molecular flexibility index (Phi) is 5.80. The Morgan fingerprint density at radius 3 is 2.52 bits per heavy atom. The number of pyridine rings is 1. The summed E-state index contributed by atoms with van der Waals surface area (Å²) in [4.78, 5) is 16.4.